The molecule has 0 aliphatic rings. The van der Waals surface area contributed by atoms with Crippen LogP contribution in [0.1, 0.15) is 38.3 Å². The van der Waals surface area contributed by atoms with E-state index >= 15 is 0 Å². The molecule has 0 spiro atoms. The third kappa shape index (κ3) is 3.06. The summed E-state index contributed by atoms with van der Waals surface area (Å²) < 4.78 is 16.5. The quantitative estimate of drug-likeness (QED) is 0.566. The molecule has 1 atom stereocenters. The Morgan fingerprint density at radius 2 is 1.80 bits per heavy atom. The van der Waals surface area contributed by atoms with Gasteiger partial charge in [-0.3, -0.25) is 5.84 Å². The summed E-state index contributed by atoms with van der Waals surface area (Å²) in [4.78, 5) is 0. The summed E-state index contributed by atoms with van der Waals surface area (Å²) in [6, 6.07) is 5.55. The van der Waals surface area contributed by atoms with Crippen LogP contribution in [0.3, 0.4) is 0 Å². The molecular formula is C15H26N2O3. The molecule has 0 amide bonds. The van der Waals surface area contributed by atoms with Gasteiger partial charge in [0.1, 0.15) is 11.5 Å². The van der Waals surface area contributed by atoms with Crippen LogP contribution in [0, 0.1) is 0 Å². The van der Waals surface area contributed by atoms with E-state index in [9.17, 15) is 0 Å². The molecule has 3 N–H and O–H groups in total. The summed E-state index contributed by atoms with van der Waals surface area (Å²) in [5.41, 5.74) is 3.46. The molecule has 1 unspecified atom stereocenters. The lowest BCUT2D eigenvalue weighted by atomic mass is 9.83. The zero-order valence-corrected chi connectivity index (χ0v) is 13.0. The number of benzene rings is 1. The van der Waals surface area contributed by atoms with Gasteiger partial charge < -0.3 is 14.2 Å². The summed E-state index contributed by atoms with van der Waals surface area (Å²) >= 11 is 0. The van der Waals surface area contributed by atoms with Crippen molar-refractivity contribution < 1.29 is 14.2 Å². The molecule has 114 valence electrons. The van der Waals surface area contributed by atoms with Crippen LogP contribution < -0.4 is 20.7 Å². The van der Waals surface area contributed by atoms with Gasteiger partial charge in [-0.25, -0.2) is 5.43 Å². The molecular weight excluding hydrogens is 256 g/mol. The third-order valence-electron chi connectivity index (χ3n) is 4.05. The molecule has 0 bridgehead atoms. The van der Waals surface area contributed by atoms with Crippen molar-refractivity contribution in [3.8, 4) is 11.5 Å². The topological polar surface area (TPSA) is 65.7 Å². The lowest BCUT2D eigenvalue weighted by Crippen LogP contribution is -2.47. The van der Waals surface area contributed by atoms with Crippen LogP contribution in [-0.2, 0) is 4.74 Å². The fourth-order valence-corrected chi connectivity index (χ4v) is 2.65. The summed E-state index contributed by atoms with van der Waals surface area (Å²) in [6.45, 7) is 4.18. The SMILES string of the molecule is CCC(CC)(OC)C(NN)c1ccc(OC)cc1OC. The van der Waals surface area contributed by atoms with Crippen molar-refractivity contribution in [3.05, 3.63) is 23.8 Å². The van der Waals surface area contributed by atoms with E-state index in [1.165, 1.54) is 0 Å². The molecule has 0 radical (unpaired) electrons. The van der Waals surface area contributed by atoms with Crippen molar-refractivity contribution in [2.24, 2.45) is 5.84 Å². The average molecular weight is 282 g/mol. The molecule has 5 heteroatoms. The first kappa shape index (κ1) is 16.8. The molecule has 20 heavy (non-hydrogen) atoms. The standard InChI is InChI=1S/C15H26N2O3/c1-6-15(7-2,20-5)14(17-16)12-9-8-11(18-3)10-13(12)19-4/h8-10,14,17H,6-7,16H2,1-5H3. The van der Waals surface area contributed by atoms with E-state index < -0.39 is 0 Å². The van der Waals surface area contributed by atoms with Crippen LogP contribution in [0.5, 0.6) is 11.5 Å². The second-order valence-corrected chi connectivity index (χ2v) is 4.68. The predicted molar refractivity (Wildman–Crippen MR) is 79.9 cm³/mol. The van der Waals surface area contributed by atoms with Gasteiger partial charge in [0.15, 0.2) is 0 Å². The smallest absolute Gasteiger partial charge is 0.127 e. The van der Waals surface area contributed by atoms with Crippen LogP contribution in [0.2, 0.25) is 0 Å². The van der Waals surface area contributed by atoms with E-state index in [2.05, 4.69) is 19.3 Å². The van der Waals surface area contributed by atoms with Gasteiger partial charge in [-0.1, -0.05) is 13.8 Å². The summed E-state index contributed by atoms with van der Waals surface area (Å²) in [5.74, 6) is 7.27. The molecule has 0 aliphatic carbocycles. The molecule has 0 saturated carbocycles. The minimum atomic E-state index is -0.378. The van der Waals surface area contributed by atoms with Crippen molar-refractivity contribution in [3.63, 3.8) is 0 Å². The van der Waals surface area contributed by atoms with Crippen LogP contribution in [-0.4, -0.2) is 26.9 Å². The monoisotopic (exact) mass is 282 g/mol. The highest BCUT2D eigenvalue weighted by molar-refractivity contribution is 5.43. The molecule has 5 nitrogen and oxygen atoms in total. The van der Waals surface area contributed by atoms with Gasteiger partial charge in [0.25, 0.3) is 0 Å². The Bertz CT molecular complexity index is 411. The predicted octanol–water partition coefficient (Wildman–Crippen LogP) is 2.41. The Hall–Kier alpha value is -1.30. The van der Waals surface area contributed by atoms with E-state index in [0.717, 1.165) is 29.9 Å². The Balaban J connectivity index is 3.30. The Kier molecular flexibility index (Phi) is 6.26. The van der Waals surface area contributed by atoms with Crippen molar-refractivity contribution in [1.82, 2.24) is 5.43 Å². The Morgan fingerprint density at radius 1 is 1.15 bits per heavy atom. The van der Waals surface area contributed by atoms with Crippen molar-refractivity contribution in [1.29, 1.82) is 0 Å². The highest BCUT2D eigenvalue weighted by Gasteiger charge is 2.37. The fraction of sp³-hybridized carbons (Fsp3) is 0.600. The molecule has 0 saturated heterocycles. The maximum Gasteiger partial charge on any atom is 0.127 e. The molecule has 0 aliphatic heterocycles. The van der Waals surface area contributed by atoms with Gasteiger partial charge in [-0.05, 0) is 25.0 Å². The first-order chi connectivity index (χ1) is 9.62. The minimum Gasteiger partial charge on any atom is -0.497 e. The van der Waals surface area contributed by atoms with Crippen LogP contribution in [0.15, 0.2) is 18.2 Å². The molecule has 0 heterocycles. The Labute approximate surface area is 121 Å². The van der Waals surface area contributed by atoms with E-state index in [4.69, 9.17) is 20.1 Å². The second-order valence-electron chi connectivity index (χ2n) is 4.68. The number of hydrogen-bond donors (Lipinski definition) is 2. The molecule has 1 rings (SSSR count). The molecule has 0 aromatic heterocycles. The van der Waals surface area contributed by atoms with Gasteiger partial charge in [-0.15, -0.1) is 0 Å². The number of nitrogens with two attached hydrogens (primary N) is 1. The number of hydrazine groups is 1. The number of rotatable bonds is 8. The summed E-state index contributed by atoms with van der Waals surface area (Å²) in [7, 11) is 4.98. The number of ether oxygens (including phenoxy) is 3. The number of methoxy groups -OCH3 is 3. The highest BCUT2D eigenvalue weighted by atomic mass is 16.5. The zero-order chi connectivity index (χ0) is 15.2. The first-order valence-electron chi connectivity index (χ1n) is 6.85. The van der Waals surface area contributed by atoms with Gasteiger partial charge in [-0.2, -0.15) is 0 Å². The third-order valence-corrected chi connectivity index (χ3v) is 4.05. The average Bonchev–Trinajstić information content (AvgIpc) is 2.52. The molecule has 0 fully saturated rings. The van der Waals surface area contributed by atoms with Crippen molar-refractivity contribution in [2.75, 3.05) is 21.3 Å². The van der Waals surface area contributed by atoms with Gasteiger partial charge >= 0.3 is 0 Å². The van der Waals surface area contributed by atoms with Crippen LogP contribution >= 0.6 is 0 Å². The summed E-state index contributed by atoms with van der Waals surface area (Å²) in [5, 5.41) is 0. The van der Waals surface area contributed by atoms with E-state index in [1.807, 2.05) is 18.2 Å². The van der Waals surface area contributed by atoms with Gasteiger partial charge in [0.05, 0.1) is 25.9 Å². The van der Waals surface area contributed by atoms with Crippen LogP contribution in [0.25, 0.3) is 0 Å². The highest BCUT2D eigenvalue weighted by Crippen LogP contribution is 2.39. The largest absolute Gasteiger partial charge is 0.497 e. The van der Waals surface area contributed by atoms with Crippen molar-refractivity contribution in [2.45, 2.75) is 38.3 Å². The number of hydrogen-bond acceptors (Lipinski definition) is 5. The van der Waals surface area contributed by atoms with Crippen molar-refractivity contribution >= 4 is 0 Å². The summed E-state index contributed by atoms with van der Waals surface area (Å²) in [6.07, 6.45) is 1.67. The lowest BCUT2D eigenvalue weighted by molar-refractivity contribution is -0.0491. The molecule has 1 aromatic rings. The minimum absolute atomic E-state index is 0.164. The fourth-order valence-electron chi connectivity index (χ4n) is 2.65. The van der Waals surface area contributed by atoms with E-state index in [0.29, 0.717) is 0 Å². The van der Waals surface area contributed by atoms with E-state index in [1.54, 1.807) is 21.3 Å². The van der Waals surface area contributed by atoms with Gasteiger partial charge in [0, 0.05) is 18.7 Å². The molecule has 1 aromatic carbocycles. The normalized spacial score (nSPS) is 13.1. The first-order valence-corrected chi connectivity index (χ1v) is 6.85. The maximum absolute atomic E-state index is 5.79. The number of nitrogens with one attached hydrogen (secondary N) is 1. The zero-order valence-electron chi connectivity index (χ0n) is 13.0. The van der Waals surface area contributed by atoms with Crippen LogP contribution in [0.4, 0.5) is 0 Å². The second kappa shape index (κ2) is 7.47. The van der Waals surface area contributed by atoms with E-state index in [-0.39, 0.29) is 11.6 Å². The Morgan fingerprint density at radius 3 is 2.20 bits per heavy atom. The lowest BCUT2D eigenvalue weighted by Gasteiger charge is -2.38. The van der Waals surface area contributed by atoms with Gasteiger partial charge in [0.2, 0.25) is 0 Å². The maximum atomic E-state index is 5.79.